The molecule has 0 aromatic rings. The van der Waals surface area contributed by atoms with Crippen molar-refractivity contribution in [2.45, 2.75) is 41.0 Å². The van der Waals surface area contributed by atoms with Gasteiger partial charge in [0.05, 0.1) is 0 Å². The third-order valence-electron chi connectivity index (χ3n) is 4.02. The molecule has 1 aliphatic carbocycles. The van der Waals surface area contributed by atoms with Crippen molar-refractivity contribution in [2.24, 2.45) is 23.2 Å². The first-order valence-electron chi connectivity index (χ1n) is 4.84. The Hall–Kier alpha value is 1.46. The van der Waals surface area contributed by atoms with Crippen LogP contribution in [0, 0.1) is 30.6 Å². The second-order valence-corrected chi connectivity index (χ2v) is 8.53. The summed E-state index contributed by atoms with van der Waals surface area (Å²) in [6.07, 6.45) is 1.42. The van der Waals surface area contributed by atoms with Gasteiger partial charge in [0.1, 0.15) is 0 Å². The maximum absolute atomic E-state index is 4.93. The van der Waals surface area contributed by atoms with Gasteiger partial charge in [-0.05, 0) is 29.6 Å². The Morgan fingerprint density at radius 1 is 1.14 bits per heavy atom. The summed E-state index contributed by atoms with van der Waals surface area (Å²) in [5, 5.41) is 0. The van der Waals surface area contributed by atoms with Crippen molar-refractivity contribution in [1.29, 1.82) is 0 Å². The fraction of sp³-hybridized carbons (Fsp3) is 0.909. The van der Waals surface area contributed by atoms with Gasteiger partial charge in [-0.1, -0.05) is 34.6 Å². The molecule has 14 heavy (non-hydrogen) atoms. The van der Waals surface area contributed by atoms with E-state index in [1.807, 2.05) is 0 Å². The van der Waals surface area contributed by atoms with Crippen LogP contribution in [0.4, 0.5) is 0 Å². The van der Waals surface area contributed by atoms with Crippen molar-refractivity contribution in [3.63, 3.8) is 0 Å². The summed E-state index contributed by atoms with van der Waals surface area (Å²) >= 11 is -0.826. The van der Waals surface area contributed by atoms with Crippen LogP contribution in [0.5, 0.6) is 0 Å². The molecule has 0 N–H and O–H groups in total. The minimum atomic E-state index is -0.826. The number of rotatable bonds is 0. The van der Waals surface area contributed by atoms with E-state index in [0.29, 0.717) is 5.41 Å². The van der Waals surface area contributed by atoms with Crippen LogP contribution in [0.25, 0.3) is 0 Å². The van der Waals surface area contributed by atoms with Gasteiger partial charge in [0.15, 0.2) is 0 Å². The van der Waals surface area contributed by atoms with Gasteiger partial charge in [-0.15, -0.1) is 0 Å². The van der Waals surface area contributed by atoms with Gasteiger partial charge in [0.2, 0.25) is 0 Å². The molecule has 0 aliphatic heterocycles. The van der Waals surface area contributed by atoms with Crippen LogP contribution < -0.4 is 0 Å². The Bertz CT molecular complexity index is 148. The van der Waals surface area contributed by atoms with Crippen molar-refractivity contribution in [3.05, 3.63) is 7.43 Å². The first-order chi connectivity index (χ1) is 5.87. The van der Waals surface area contributed by atoms with Gasteiger partial charge in [-0.25, -0.2) is 0 Å². The van der Waals surface area contributed by atoms with Crippen LogP contribution in [0.1, 0.15) is 41.0 Å². The first kappa shape index (κ1) is 17.8. The van der Waals surface area contributed by atoms with Crippen LogP contribution in [-0.4, -0.2) is 0 Å². The molecule has 0 spiro atoms. The van der Waals surface area contributed by atoms with Gasteiger partial charge < -0.3 is 7.43 Å². The molecule has 3 atom stereocenters. The van der Waals surface area contributed by atoms with E-state index in [0.717, 1.165) is 17.8 Å². The molecule has 0 nitrogen and oxygen atoms in total. The number of hydrogen-bond acceptors (Lipinski definition) is 0. The van der Waals surface area contributed by atoms with Crippen molar-refractivity contribution < 1.29 is 20.8 Å². The molecular weight excluding hydrogens is 294 g/mol. The standard InChI is InChI=1S/C10H20.CH3.2ClH.Zr/c1-7-6-8(2)10(4,5)9(7)3;;;;/h7-9H,6H2,1-5H3;1H3;2*1H;/q;-1;;;+2/p-2/t7?,8-,9+;;;;/m1..../s1. The van der Waals surface area contributed by atoms with Gasteiger partial charge in [0.25, 0.3) is 0 Å². The fourth-order valence-electron chi connectivity index (χ4n) is 2.25. The molecule has 1 fully saturated rings. The van der Waals surface area contributed by atoms with Gasteiger partial charge in [-0.3, -0.25) is 0 Å². The second-order valence-electron chi connectivity index (χ2n) is 4.80. The molecule has 86 valence electrons. The summed E-state index contributed by atoms with van der Waals surface area (Å²) in [6.45, 7) is 12.0. The molecule has 0 aromatic carbocycles. The van der Waals surface area contributed by atoms with E-state index < -0.39 is 20.8 Å². The molecule has 1 unspecified atom stereocenters. The van der Waals surface area contributed by atoms with Crippen molar-refractivity contribution in [3.8, 4) is 0 Å². The Balaban J connectivity index is 0. The molecule has 3 heteroatoms. The molecule has 1 rings (SSSR count). The average molecular weight is 317 g/mol. The molecule has 0 amide bonds. The Morgan fingerprint density at radius 2 is 1.50 bits per heavy atom. The van der Waals surface area contributed by atoms with E-state index >= 15 is 0 Å². The molecule has 0 aromatic heterocycles. The zero-order chi connectivity index (χ0) is 10.6. The predicted molar refractivity (Wildman–Crippen MR) is 64.0 cm³/mol. The third-order valence-corrected chi connectivity index (χ3v) is 4.02. The third kappa shape index (κ3) is 4.54. The van der Waals surface area contributed by atoms with Gasteiger partial charge >= 0.3 is 37.9 Å². The summed E-state index contributed by atoms with van der Waals surface area (Å²) < 4.78 is 0. The summed E-state index contributed by atoms with van der Waals surface area (Å²) in [5.74, 6) is 2.75. The van der Waals surface area contributed by atoms with Crippen molar-refractivity contribution in [1.82, 2.24) is 0 Å². The van der Waals surface area contributed by atoms with E-state index in [4.69, 9.17) is 17.0 Å². The zero-order valence-electron chi connectivity index (χ0n) is 10.2. The molecule has 0 bridgehead atoms. The minimum absolute atomic E-state index is 0. The molecule has 0 heterocycles. The van der Waals surface area contributed by atoms with E-state index in [-0.39, 0.29) is 7.43 Å². The summed E-state index contributed by atoms with van der Waals surface area (Å²) in [4.78, 5) is 0. The predicted octanol–water partition coefficient (Wildman–Crippen LogP) is 5.15. The first-order valence-corrected chi connectivity index (χ1v) is 11.2. The maximum atomic E-state index is 4.93. The quantitative estimate of drug-likeness (QED) is 0.542. The van der Waals surface area contributed by atoms with E-state index in [1.165, 1.54) is 6.42 Å². The Labute approximate surface area is 109 Å². The van der Waals surface area contributed by atoms with Crippen LogP contribution in [0.2, 0.25) is 0 Å². The normalized spacial score (nSPS) is 33.8. The summed E-state index contributed by atoms with van der Waals surface area (Å²) in [6, 6.07) is 0. The molecule has 0 saturated heterocycles. The topological polar surface area (TPSA) is 0 Å². The SMILES string of the molecule is CC1C[C@@H](C)C(C)(C)[C@H]1C.[CH3-].[Cl][Zr][Cl]. The fourth-order valence-corrected chi connectivity index (χ4v) is 2.25. The Kier molecular flexibility index (Phi) is 9.80. The molecular formula is C11H23Cl2Zr-. The zero-order valence-corrected chi connectivity index (χ0v) is 14.2. The Morgan fingerprint density at radius 3 is 1.57 bits per heavy atom. The van der Waals surface area contributed by atoms with E-state index in [9.17, 15) is 0 Å². The van der Waals surface area contributed by atoms with Crippen molar-refractivity contribution in [2.75, 3.05) is 0 Å². The van der Waals surface area contributed by atoms with Crippen LogP contribution >= 0.6 is 17.0 Å². The van der Waals surface area contributed by atoms with Crippen LogP contribution in [-0.2, 0) is 20.8 Å². The molecule has 0 radical (unpaired) electrons. The van der Waals surface area contributed by atoms with Gasteiger partial charge in [0, 0.05) is 0 Å². The number of halogens is 2. The molecule has 1 aliphatic rings. The molecule has 1 saturated carbocycles. The van der Waals surface area contributed by atoms with E-state index in [2.05, 4.69) is 34.6 Å². The van der Waals surface area contributed by atoms with Crippen LogP contribution in [0.15, 0.2) is 0 Å². The monoisotopic (exact) mass is 315 g/mol. The van der Waals surface area contributed by atoms with Gasteiger partial charge in [-0.2, -0.15) is 0 Å². The second kappa shape index (κ2) is 7.69. The van der Waals surface area contributed by atoms with Crippen LogP contribution in [0.3, 0.4) is 0 Å². The summed E-state index contributed by atoms with van der Waals surface area (Å²) in [5.41, 5.74) is 0.583. The number of hydrogen-bond donors (Lipinski definition) is 0. The van der Waals surface area contributed by atoms with Crippen molar-refractivity contribution >= 4 is 17.0 Å². The average Bonchev–Trinajstić information content (AvgIpc) is 2.17. The van der Waals surface area contributed by atoms with E-state index in [1.54, 1.807) is 0 Å². The summed E-state index contributed by atoms with van der Waals surface area (Å²) in [7, 11) is 9.87.